The van der Waals surface area contributed by atoms with Crippen LogP contribution in [0.2, 0.25) is 0 Å². The second kappa shape index (κ2) is 7.61. The number of aromatic nitrogens is 4. The van der Waals surface area contributed by atoms with Crippen LogP contribution < -0.4 is 10.6 Å². The van der Waals surface area contributed by atoms with Gasteiger partial charge in [-0.2, -0.15) is 10.2 Å². The van der Waals surface area contributed by atoms with Crippen LogP contribution in [0.4, 0.5) is 9.18 Å². The third kappa shape index (κ3) is 4.66. The number of carbonyl (C=O) groups excluding carboxylic acids is 1. The Morgan fingerprint density at radius 1 is 1.20 bits per heavy atom. The predicted molar refractivity (Wildman–Crippen MR) is 90.7 cm³/mol. The number of nitrogens with zero attached hydrogens (tertiary/aromatic N) is 4. The Hall–Kier alpha value is -3.16. The van der Waals surface area contributed by atoms with Crippen molar-refractivity contribution in [1.29, 1.82) is 0 Å². The Labute approximate surface area is 144 Å². The van der Waals surface area contributed by atoms with E-state index >= 15 is 0 Å². The summed E-state index contributed by atoms with van der Waals surface area (Å²) in [4.78, 5) is 11.8. The van der Waals surface area contributed by atoms with Crippen molar-refractivity contribution in [2.45, 2.75) is 13.0 Å². The lowest BCUT2D eigenvalue weighted by Crippen LogP contribution is -2.36. The molecule has 130 valence electrons. The van der Waals surface area contributed by atoms with Gasteiger partial charge in [-0.3, -0.25) is 4.68 Å². The van der Waals surface area contributed by atoms with Crippen molar-refractivity contribution >= 4 is 6.03 Å². The molecular formula is C17H19FN6O. The molecule has 2 aromatic heterocycles. The third-order valence-electron chi connectivity index (χ3n) is 3.62. The Kier molecular flexibility index (Phi) is 5.08. The highest BCUT2D eigenvalue weighted by Crippen LogP contribution is 2.08. The molecule has 8 heteroatoms. The largest absolute Gasteiger partial charge is 0.338 e. The maximum absolute atomic E-state index is 12.9. The molecule has 0 aliphatic rings. The van der Waals surface area contributed by atoms with Gasteiger partial charge < -0.3 is 10.6 Å². The molecule has 25 heavy (non-hydrogen) atoms. The summed E-state index contributed by atoms with van der Waals surface area (Å²) in [5, 5.41) is 14.0. The van der Waals surface area contributed by atoms with Gasteiger partial charge in [0.1, 0.15) is 5.82 Å². The summed E-state index contributed by atoms with van der Waals surface area (Å²) in [6, 6.07) is 7.60. The fourth-order valence-electron chi connectivity index (χ4n) is 2.35. The molecule has 2 amide bonds. The van der Waals surface area contributed by atoms with Crippen molar-refractivity contribution in [3.63, 3.8) is 0 Å². The number of hydrogen-bond donors (Lipinski definition) is 2. The summed E-state index contributed by atoms with van der Waals surface area (Å²) in [6.07, 6.45) is 6.19. The van der Waals surface area contributed by atoms with E-state index in [9.17, 15) is 9.18 Å². The first-order valence-corrected chi connectivity index (χ1v) is 7.90. The summed E-state index contributed by atoms with van der Waals surface area (Å²) in [5.41, 5.74) is 2.54. The van der Waals surface area contributed by atoms with E-state index in [4.69, 9.17) is 0 Å². The molecule has 0 aliphatic heterocycles. The molecule has 0 aliphatic carbocycles. The molecule has 0 saturated heterocycles. The van der Waals surface area contributed by atoms with Gasteiger partial charge in [0.15, 0.2) is 0 Å². The van der Waals surface area contributed by atoms with Gasteiger partial charge in [-0.25, -0.2) is 13.9 Å². The van der Waals surface area contributed by atoms with Crippen LogP contribution in [-0.2, 0) is 20.0 Å². The number of aryl methyl sites for hydroxylation is 1. The van der Waals surface area contributed by atoms with Gasteiger partial charge in [-0.15, -0.1) is 0 Å². The smallest absolute Gasteiger partial charge is 0.315 e. The van der Waals surface area contributed by atoms with E-state index in [1.165, 1.54) is 12.1 Å². The minimum atomic E-state index is -0.291. The average molecular weight is 342 g/mol. The normalized spacial score (nSPS) is 10.6. The predicted octanol–water partition coefficient (Wildman–Crippen LogP) is 1.79. The van der Waals surface area contributed by atoms with Crippen molar-refractivity contribution in [3.05, 3.63) is 66.0 Å². The molecule has 2 N–H and O–H groups in total. The SMILES string of the molecule is Cn1cc(CCNC(=O)NCc2ccn(-c3ccc(F)cc3)n2)cn1. The van der Waals surface area contributed by atoms with E-state index < -0.39 is 0 Å². The van der Waals surface area contributed by atoms with Crippen LogP contribution in [0, 0.1) is 5.82 Å². The first kappa shape index (κ1) is 16.7. The Morgan fingerprint density at radius 2 is 2.00 bits per heavy atom. The molecule has 2 heterocycles. The van der Waals surface area contributed by atoms with Crippen LogP contribution in [0.5, 0.6) is 0 Å². The summed E-state index contributed by atoms with van der Waals surface area (Å²) >= 11 is 0. The molecule has 0 bridgehead atoms. The van der Waals surface area contributed by atoms with Gasteiger partial charge in [0.05, 0.1) is 24.1 Å². The van der Waals surface area contributed by atoms with E-state index in [0.717, 1.165) is 17.7 Å². The number of hydrogen-bond acceptors (Lipinski definition) is 3. The highest BCUT2D eigenvalue weighted by Gasteiger charge is 2.05. The topological polar surface area (TPSA) is 76.8 Å². The fraction of sp³-hybridized carbons (Fsp3) is 0.235. The molecule has 3 rings (SSSR count). The molecule has 0 unspecified atom stereocenters. The summed E-state index contributed by atoms with van der Waals surface area (Å²) in [6.45, 7) is 0.842. The minimum absolute atomic E-state index is 0.250. The van der Waals surface area contributed by atoms with Crippen LogP contribution in [0.1, 0.15) is 11.3 Å². The highest BCUT2D eigenvalue weighted by molar-refractivity contribution is 5.73. The molecule has 0 fully saturated rings. The molecule has 0 spiro atoms. The van der Waals surface area contributed by atoms with Crippen molar-refractivity contribution in [1.82, 2.24) is 30.2 Å². The number of urea groups is 1. The van der Waals surface area contributed by atoms with Crippen LogP contribution in [-0.4, -0.2) is 32.1 Å². The molecule has 3 aromatic rings. The second-order valence-electron chi connectivity index (χ2n) is 5.61. The molecule has 7 nitrogen and oxygen atoms in total. The van der Waals surface area contributed by atoms with Gasteiger partial charge in [0.2, 0.25) is 0 Å². The monoisotopic (exact) mass is 342 g/mol. The molecule has 0 saturated carbocycles. The Bertz CT molecular complexity index is 839. The van der Waals surface area contributed by atoms with Crippen LogP contribution in [0.25, 0.3) is 5.69 Å². The molecular weight excluding hydrogens is 323 g/mol. The standard InChI is InChI=1S/C17H19FN6O/c1-23-12-13(10-21-23)6-8-19-17(25)20-11-15-7-9-24(22-15)16-4-2-14(18)3-5-16/h2-5,7,9-10,12H,6,8,11H2,1H3,(H2,19,20,25). The van der Waals surface area contributed by atoms with Crippen molar-refractivity contribution in [3.8, 4) is 5.69 Å². The minimum Gasteiger partial charge on any atom is -0.338 e. The number of nitrogens with one attached hydrogen (secondary N) is 2. The van der Waals surface area contributed by atoms with E-state index in [2.05, 4.69) is 20.8 Å². The second-order valence-corrected chi connectivity index (χ2v) is 5.61. The highest BCUT2D eigenvalue weighted by atomic mass is 19.1. The van der Waals surface area contributed by atoms with Gasteiger partial charge in [-0.05, 0) is 42.3 Å². The fourth-order valence-corrected chi connectivity index (χ4v) is 2.35. The lowest BCUT2D eigenvalue weighted by molar-refractivity contribution is 0.240. The first-order valence-electron chi connectivity index (χ1n) is 7.90. The third-order valence-corrected chi connectivity index (χ3v) is 3.62. The number of benzene rings is 1. The van der Waals surface area contributed by atoms with Gasteiger partial charge in [-0.1, -0.05) is 0 Å². The molecule has 0 radical (unpaired) electrons. The average Bonchev–Trinajstić information content (AvgIpc) is 3.23. The summed E-state index contributed by atoms with van der Waals surface area (Å²) in [5.74, 6) is -0.291. The van der Waals surface area contributed by atoms with Crippen molar-refractivity contribution in [2.75, 3.05) is 6.54 Å². The van der Waals surface area contributed by atoms with Crippen molar-refractivity contribution < 1.29 is 9.18 Å². The Morgan fingerprint density at radius 3 is 2.72 bits per heavy atom. The Balaban J connectivity index is 1.43. The van der Waals surface area contributed by atoms with Crippen LogP contribution in [0.15, 0.2) is 48.9 Å². The first-order chi connectivity index (χ1) is 12.1. The summed E-state index contributed by atoms with van der Waals surface area (Å²) < 4.78 is 16.3. The number of amides is 2. The van der Waals surface area contributed by atoms with Crippen LogP contribution in [0.3, 0.4) is 0 Å². The molecule has 0 atom stereocenters. The van der Waals surface area contributed by atoms with Gasteiger partial charge in [0, 0.05) is 26.0 Å². The maximum atomic E-state index is 12.9. The number of carbonyl (C=O) groups is 1. The quantitative estimate of drug-likeness (QED) is 0.717. The van der Waals surface area contributed by atoms with Crippen LogP contribution >= 0.6 is 0 Å². The number of halogens is 1. The zero-order chi connectivity index (χ0) is 17.6. The van der Waals surface area contributed by atoms with E-state index in [1.54, 1.807) is 40.0 Å². The van der Waals surface area contributed by atoms with Crippen molar-refractivity contribution in [2.24, 2.45) is 7.05 Å². The lowest BCUT2D eigenvalue weighted by Gasteiger charge is -2.05. The zero-order valence-electron chi connectivity index (χ0n) is 13.8. The van der Waals surface area contributed by atoms with E-state index in [1.807, 2.05) is 13.2 Å². The van der Waals surface area contributed by atoms with Gasteiger partial charge >= 0.3 is 6.03 Å². The van der Waals surface area contributed by atoms with Gasteiger partial charge in [0.25, 0.3) is 0 Å². The summed E-state index contributed by atoms with van der Waals surface area (Å²) in [7, 11) is 1.86. The lowest BCUT2D eigenvalue weighted by atomic mass is 10.2. The molecule has 1 aromatic carbocycles. The number of rotatable bonds is 6. The maximum Gasteiger partial charge on any atom is 0.315 e. The van der Waals surface area contributed by atoms with E-state index in [0.29, 0.717) is 18.8 Å². The van der Waals surface area contributed by atoms with E-state index in [-0.39, 0.29) is 11.8 Å². The zero-order valence-corrected chi connectivity index (χ0v) is 13.8.